The molecule has 0 radical (unpaired) electrons. The Morgan fingerprint density at radius 3 is 2.73 bits per heavy atom. The average molecular weight is 554 g/mol. The van der Waals surface area contributed by atoms with Crippen LogP contribution in [0, 0.1) is 5.82 Å². The number of likely N-dealkylation sites (tertiary alicyclic amines) is 1. The summed E-state index contributed by atoms with van der Waals surface area (Å²) in [4.78, 5) is 14.5. The number of ether oxygens (including phenoxy) is 2. The molecule has 37 heavy (non-hydrogen) atoms. The van der Waals surface area contributed by atoms with Crippen LogP contribution in [0.3, 0.4) is 0 Å². The van der Waals surface area contributed by atoms with Gasteiger partial charge in [0.05, 0.1) is 17.3 Å². The van der Waals surface area contributed by atoms with Crippen LogP contribution in [-0.2, 0) is 13.1 Å². The lowest BCUT2D eigenvalue weighted by Crippen LogP contribution is -2.53. The molecule has 0 amide bonds. The molecule has 3 atom stereocenters. The maximum Gasteiger partial charge on any atom is 0.276 e. The highest BCUT2D eigenvalue weighted by Crippen LogP contribution is 2.35. The molecular formula is C25H30Cl2FN5O4. The molecule has 3 aliphatic rings. The third-order valence-corrected chi connectivity index (χ3v) is 7.29. The summed E-state index contributed by atoms with van der Waals surface area (Å²) in [6.45, 7) is 3.94. The summed E-state index contributed by atoms with van der Waals surface area (Å²) in [6.07, 6.45) is 0.895. The van der Waals surface area contributed by atoms with Crippen LogP contribution in [0.5, 0.6) is 11.6 Å². The van der Waals surface area contributed by atoms with Gasteiger partial charge in [-0.15, -0.1) is 29.9 Å². The van der Waals surface area contributed by atoms with Gasteiger partial charge in [-0.3, -0.25) is 4.79 Å². The molecule has 3 aromatic rings. The van der Waals surface area contributed by atoms with Crippen LogP contribution in [-0.4, -0.2) is 69.8 Å². The third kappa shape index (κ3) is 5.39. The second kappa shape index (κ2) is 11.5. The van der Waals surface area contributed by atoms with E-state index in [0.29, 0.717) is 68.5 Å². The van der Waals surface area contributed by atoms with E-state index < -0.39 is 6.10 Å². The van der Waals surface area contributed by atoms with Crippen molar-refractivity contribution in [1.29, 1.82) is 0 Å². The summed E-state index contributed by atoms with van der Waals surface area (Å²) in [6, 6.07) is 8.29. The van der Waals surface area contributed by atoms with E-state index in [2.05, 4.69) is 20.4 Å². The number of rotatable bonds is 5. The first-order valence-corrected chi connectivity index (χ1v) is 12.1. The number of aromatic nitrogens is 3. The molecule has 2 N–H and O–H groups in total. The van der Waals surface area contributed by atoms with E-state index in [1.807, 2.05) is 6.07 Å². The first kappa shape index (κ1) is 27.5. The fraction of sp³-hybridized carbons (Fsp3) is 0.480. The second-order valence-electron chi connectivity index (χ2n) is 9.51. The van der Waals surface area contributed by atoms with E-state index in [-0.39, 0.29) is 48.2 Å². The zero-order valence-corrected chi connectivity index (χ0v) is 21.8. The molecule has 1 fully saturated rings. The number of aryl methyl sites for hydroxylation is 1. The summed E-state index contributed by atoms with van der Waals surface area (Å²) in [5.74, 6) is 0.719. The van der Waals surface area contributed by atoms with Crippen molar-refractivity contribution in [2.24, 2.45) is 0 Å². The normalized spacial score (nSPS) is 22.7. The van der Waals surface area contributed by atoms with Crippen molar-refractivity contribution in [2.75, 3.05) is 32.8 Å². The number of hydrogen-bond acceptors (Lipinski definition) is 8. The van der Waals surface area contributed by atoms with Crippen molar-refractivity contribution in [3.05, 3.63) is 57.8 Å². The number of β-amino-alcohol motifs (C(OH)–C–C–N with tert-alkyl or cyclic N) is 1. The van der Waals surface area contributed by atoms with Crippen molar-refractivity contribution in [3.8, 4) is 11.6 Å². The zero-order chi connectivity index (χ0) is 23.9. The Bertz CT molecular complexity index is 1330. The Kier molecular flexibility index (Phi) is 8.55. The van der Waals surface area contributed by atoms with E-state index in [4.69, 9.17) is 9.47 Å². The van der Waals surface area contributed by atoms with Gasteiger partial charge in [-0.25, -0.2) is 4.39 Å². The van der Waals surface area contributed by atoms with Crippen LogP contribution in [0.4, 0.5) is 4.39 Å². The predicted octanol–water partition coefficient (Wildman–Crippen LogP) is 2.26. The Balaban J connectivity index is 0.00000160. The van der Waals surface area contributed by atoms with E-state index in [1.54, 1.807) is 22.8 Å². The molecule has 1 aromatic carbocycles. The minimum atomic E-state index is -0.562. The molecule has 200 valence electrons. The number of benzene rings is 1. The van der Waals surface area contributed by atoms with Crippen LogP contribution in [0.1, 0.15) is 30.0 Å². The molecular weight excluding hydrogens is 524 g/mol. The van der Waals surface area contributed by atoms with E-state index >= 15 is 0 Å². The maximum absolute atomic E-state index is 15.0. The van der Waals surface area contributed by atoms with Gasteiger partial charge >= 0.3 is 0 Å². The van der Waals surface area contributed by atoms with E-state index in [9.17, 15) is 14.3 Å². The van der Waals surface area contributed by atoms with Crippen LogP contribution < -0.4 is 20.3 Å². The van der Waals surface area contributed by atoms with E-state index in [1.165, 1.54) is 6.07 Å². The molecule has 5 heterocycles. The van der Waals surface area contributed by atoms with Crippen molar-refractivity contribution in [3.63, 3.8) is 0 Å². The molecule has 1 unspecified atom stereocenters. The number of halogens is 3. The standard InChI is InChI=1S/C25H28FN5O4.2ClH/c26-18-3-1-15-2-4-22(33)31-8-5-16(23(18)24(15)31)13-30-7-6-19(20(32)14-30)27-12-17-11-21-25(29-28-17)35-10-9-34-21;;/h1-4,11,16,19-20,27,32H,5-10,12-14H2;2*1H/t16?,19-,20+;;/m0../s1. The highest BCUT2D eigenvalue weighted by molar-refractivity contribution is 5.85. The molecule has 0 spiro atoms. The number of nitrogens with one attached hydrogen (secondary N) is 1. The van der Waals surface area contributed by atoms with Gasteiger partial charge in [0.2, 0.25) is 0 Å². The molecule has 0 aliphatic carbocycles. The van der Waals surface area contributed by atoms with Gasteiger partial charge in [-0.2, -0.15) is 5.10 Å². The third-order valence-electron chi connectivity index (χ3n) is 7.29. The SMILES string of the molecule is Cl.Cl.O=c1ccc2ccc(F)c3c2n1CCC3CN1CC[C@H](NCc2cc3c(nn2)OCCO3)[C@H](O)C1. The number of piperidine rings is 1. The van der Waals surface area contributed by atoms with Crippen LogP contribution in [0.15, 0.2) is 35.1 Å². The number of pyridine rings is 1. The molecule has 9 nitrogen and oxygen atoms in total. The first-order valence-electron chi connectivity index (χ1n) is 12.1. The van der Waals surface area contributed by atoms with Crippen molar-refractivity contribution in [1.82, 2.24) is 25.0 Å². The molecule has 12 heteroatoms. The second-order valence-corrected chi connectivity index (χ2v) is 9.51. The number of aliphatic hydroxyl groups is 1. The van der Waals surface area contributed by atoms with Crippen molar-refractivity contribution in [2.45, 2.75) is 44.0 Å². The Morgan fingerprint density at radius 2 is 1.89 bits per heavy atom. The minimum Gasteiger partial charge on any atom is -0.484 e. The van der Waals surface area contributed by atoms with Gasteiger partial charge in [-0.05, 0) is 43.0 Å². The lowest BCUT2D eigenvalue weighted by molar-refractivity contribution is 0.0363. The van der Waals surface area contributed by atoms with Gasteiger partial charge in [0.25, 0.3) is 11.4 Å². The molecule has 6 rings (SSSR count). The topological polar surface area (TPSA) is 102 Å². The van der Waals surface area contributed by atoms with Gasteiger partial charge in [0.1, 0.15) is 19.0 Å². The largest absolute Gasteiger partial charge is 0.484 e. The van der Waals surface area contributed by atoms with Gasteiger partial charge in [0.15, 0.2) is 5.75 Å². The van der Waals surface area contributed by atoms with Gasteiger partial charge in [-0.1, -0.05) is 0 Å². The Labute approximate surface area is 225 Å². The van der Waals surface area contributed by atoms with Crippen LogP contribution in [0.2, 0.25) is 0 Å². The monoisotopic (exact) mass is 553 g/mol. The highest BCUT2D eigenvalue weighted by Gasteiger charge is 2.32. The Morgan fingerprint density at radius 1 is 1.08 bits per heavy atom. The molecule has 1 saturated heterocycles. The molecule has 0 bridgehead atoms. The predicted molar refractivity (Wildman–Crippen MR) is 141 cm³/mol. The van der Waals surface area contributed by atoms with Crippen molar-refractivity contribution >= 4 is 35.7 Å². The lowest BCUT2D eigenvalue weighted by Gasteiger charge is -2.39. The molecule has 2 aromatic heterocycles. The fourth-order valence-corrected chi connectivity index (χ4v) is 5.55. The molecule has 0 saturated carbocycles. The summed E-state index contributed by atoms with van der Waals surface area (Å²) < 4.78 is 27.6. The smallest absolute Gasteiger partial charge is 0.276 e. The summed E-state index contributed by atoms with van der Waals surface area (Å²) in [5, 5.41) is 23.4. The van der Waals surface area contributed by atoms with Crippen molar-refractivity contribution < 1.29 is 19.0 Å². The van der Waals surface area contributed by atoms with Crippen LogP contribution in [0.25, 0.3) is 10.9 Å². The maximum atomic E-state index is 15.0. The number of hydrogen-bond donors (Lipinski definition) is 2. The lowest BCUT2D eigenvalue weighted by atomic mass is 9.88. The number of nitrogens with zero attached hydrogens (tertiary/aromatic N) is 4. The molecule has 3 aliphatic heterocycles. The summed E-state index contributed by atoms with van der Waals surface area (Å²) >= 11 is 0. The average Bonchev–Trinajstić information content (AvgIpc) is 2.87. The summed E-state index contributed by atoms with van der Waals surface area (Å²) in [7, 11) is 0. The van der Waals surface area contributed by atoms with E-state index in [0.717, 1.165) is 24.0 Å². The Hall–Kier alpha value is -2.50. The number of aliphatic hydroxyl groups excluding tert-OH is 1. The zero-order valence-electron chi connectivity index (χ0n) is 20.1. The van der Waals surface area contributed by atoms with Gasteiger partial charge < -0.3 is 29.4 Å². The minimum absolute atomic E-state index is 0. The fourth-order valence-electron chi connectivity index (χ4n) is 5.55. The highest BCUT2D eigenvalue weighted by atomic mass is 35.5. The first-order chi connectivity index (χ1) is 17.1. The quantitative estimate of drug-likeness (QED) is 0.496. The number of fused-ring (bicyclic) bond motifs is 1. The van der Waals surface area contributed by atoms with Gasteiger partial charge in [0, 0.05) is 55.8 Å². The summed E-state index contributed by atoms with van der Waals surface area (Å²) in [5.41, 5.74) is 1.97. The van der Waals surface area contributed by atoms with Crippen LogP contribution >= 0.6 is 24.8 Å².